The molecule has 0 bridgehead atoms. The van der Waals surface area contributed by atoms with Crippen molar-refractivity contribution >= 4 is 17.6 Å². The summed E-state index contributed by atoms with van der Waals surface area (Å²) < 4.78 is 12.7. The summed E-state index contributed by atoms with van der Waals surface area (Å²) in [6.07, 6.45) is 6.68. The largest absolute Gasteiger partial charge is 0.493 e. The Morgan fingerprint density at radius 3 is 2.85 bits per heavy atom. The number of pyridine rings is 1. The lowest BCUT2D eigenvalue weighted by atomic mass is 10.2. The van der Waals surface area contributed by atoms with Crippen molar-refractivity contribution in [3.05, 3.63) is 77.6 Å². The van der Waals surface area contributed by atoms with Crippen LogP contribution in [0.25, 0.3) is 11.6 Å². The molecule has 1 aromatic carbocycles. The van der Waals surface area contributed by atoms with E-state index in [0.717, 1.165) is 11.1 Å². The monoisotopic (exact) mass is 346 g/mol. The van der Waals surface area contributed by atoms with Crippen LogP contribution in [-0.2, 0) is 16.1 Å². The molecule has 2 aromatic heterocycles. The van der Waals surface area contributed by atoms with Crippen LogP contribution in [0.2, 0.25) is 0 Å². The third-order valence-electron chi connectivity index (χ3n) is 3.86. The Balaban J connectivity index is 1.69. The summed E-state index contributed by atoms with van der Waals surface area (Å²) in [4.78, 5) is 12.0. The van der Waals surface area contributed by atoms with E-state index in [1.54, 1.807) is 12.3 Å². The van der Waals surface area contributed by atoms with Gasteiger partial charge in [0.25, 0.3) is 0 Å². The summed E-state index contributed by atoms with van der Waals surface area (Å²) in [6, 6.07) is 15.2. The maximum absolute atomic E-state index is 12.0. The minimum atomic E-state index is -0.476. The molecule has 0 amide bonds. The number of carbonyl (C=O) groups excluding carboxylic acids is 1. The molecule has 0 saturated carbocycles. The predicted molar refractivity (Wildman–Crippen MR) is 98.6 cm³/mol. The molecule has 0 fully saturated rings. The highest BCUT2D eigenvalue weighted by molar-refractivity contribution is 5.87. The van der Waals surface area contributed by atoms with E-state index in [2.05, 4.69) is 6.07 Å². The average molecular weight is 346 g/mol. The molecule has 0 radical (unpaired) electrons. The Kier molecular flexibility index (Phi) is 5.35. The summed E-state index contributed by atoms with van der Waals surface area (Å²) in [5.74, 6) is 0.236. The fourth-order valence-electron chi connectivity index (χ4n) is 2.68. The summed E-state index contributed by atoms with van der Waals surface area (Å²) in [6.45, 7) is 2.50. The van der Waals surface area contributed by atoms with Crippen molar-refractivity contribution in [2.24, 2.45) is 0 Å². The van der Waals surface area contributed by atoms with E-state index in [0.29, 0.717) is 23.5 Å². The second-order valence-corrected chi connectivity index (χ2v) is 5.55. The van der Waals surface area contributed by atoms with Crippen LogP contribution in [0.1, 0.15) is 23.6 Å². The van der Waals surface area contributed by atoms with Gasteiger partial charge < -0.3 is 13.9 Å². The minimum absolute atomic E-state index is 0.0425. The number of hydrogen-bond acceptors (Lipinski definition) is 4. The predicted octanol–water partition coefficient (Wildman–Crippen LogP) is 3.97. The molecule has 2 heterocycles. The van der Waals surface area contributed by atoms with E-state index < -0.39 is 5.97 Å². The molecule has 0 N–H and O–H groups in total. The second-order valence-electron chi connectivity index (χ2n) is 5.55. The molecule has 0 saturated heterocycles. The van der Waals surface area contributed by atoms with E-state index in [4.69, 9.17) is 9.47 Å². The molecule has 0 aliphatic carbocycles. The summed E-state index contributed by atoms with van der Waals surface area (Å²) >= 11 is 0. The number of rotatable bonds is 6. The first-order valence-electron chi connectivity index (χ1n) is 8.28. The SMILES string of the molecule is CCOc1ccccc1/C=C/C(=O)OCc1cn2ccccc2c1C#N. The van der Waals surface area contributed by atoms with Gasteiger partial charge in [0.05, 0.1) is 17.7 Å². The summed E-state index contributed by atoms with van der Waals surface area (Å²) in [5.41, 5.74) is 2.79. The van der Waals surface area contributed by atoms with E-state index in [-0.39, 0.29) is 6.61 Å². The van der Waals surface area contributed by atoms with Gasteiger partial charge in [-0.3, -0.25) is 0 Å². The number of aromatic nitrogens is 1. The van der Waals surface area contributed by atoms with Gasteiger partial charge in [0.2, 0.25) is 0 Å². The van der Waals surface area contributed by atoms with Crippen LogP contribution >= 0.6 is 0 Å². The van der Waals surface area contributed by atoms with Gasteiger partial charge in [-0.1, -0.05) is 24.3 Å². The molecule has 5 heteroatoms. The Hall–Kier alpha value is -3.52. The lowest BCUT2D eigenvalue weighted by Gasteiger charge is -2.06. The van der Waals surface area contributed by atoms with Crippen molar-refractivity contribution in [1.29, 1.82) is 5.26 Å². The smallest absolute Gasteiger partial charge is 0.331 e. The average Bonchev–Trinajstić information content (AvgIpc) is 3.03. The number of nitrogens with zero attached hydrogens (tertiary/aromatic N) is 2. The molecule has 3 aromatic rings. The molecule has 0 unspecified atom stereocenters. The first kappa shape index (κ1) is 17.3. The van der Waals surface area contributed by atoms with Gasteiger partial charge in [-0.05, 0) is 31.2 Å². The second kappa shape index (κ2) is 8.04. The molecule has 130 valence electrons. The number of fused-ring (bicyclic) bond motifs is 1. The number of hydrogen-bond donors (Lipinski definition) is 0. The van der Waals surface area contributed by atoms with Crippen molar-refractivity contribution in [3.8, 4) is 11.8 Å². The van der Waals surface area contributed by atoms with Gasteiger partial charge in [-0.25, -0.2) is 4.79 Å². The van der Waals surface area contributed by atoms with E-state index in [1.807, 2.05) is 60.0 Å². The number of para-hydroxylation sites is 1. The van der Waals surface area contributed by atoms with Crippen LogP contribution in [0.15, 0.2) is 60.9 Å². The normalized spacial score (nSPS) is 10.8. The third-order valence-corrected chi connectivity index (χ3v) is 3.86. The van der Waals surface area contributed by atoms with E-state index in [1.165, 1.54) is 6.08 Å². The number of nitriles is 1. The van der Waals surface area contributed by atoms with E-state index in [9.17, 15) is 10.1 Å². The minimum Gasteiger partial charge on any atom is -0.493 e. The molecule has 26 heavy (non-hydrogen) atoms. The highest BCUT2D eigenvalue weighted by Crippen LogP contribution is 2.20. The fourth-order valence-corrected chi connectivity index (χ4v) is 2.68. The van der Waals surface area contributed by atoms with Crippen LogP contribution in [0.4, 0.5) is 0 Å². The third kappa shape index (κ3) is 3.76. The zero-order valence-corrected chi connectivity index (χ0v) is 14.4. The molecule has 3 rings (SSSR count). The van der Waals surface area contributed by atoms with Crippen LogP contribution in [0, 0.1) is 11.3 Å². The van der Waals surface area contributed by atoms with Gasteiger partial charge in [-0.2, -0.15) is 5.26 Å². The van der Waals surface area contributed by atoms with Crippen molar-refractivity contribution in [1.82, 2.24) is 4.40 Å². The topological polar surface area (TPSA) is 63.7 Å². The molecular weight excluding hydrogens is 328 g/mol. The number of carbonyl (C=O) groups is 1. The Morgan fingerprint density at radius 2 is 2.04 bits per heavy atom. The number of ether oxygens (including phenoxy) is 2. The van der Waals surface area contributed by atoms with Crippen LogP contribution in [0.5, 0.6) is 5.75 Å². The van der Waals surface area contributed by atoms with Crippen LogP contribution < -0.4 is 4.74 Å². The Bertz CT molecular complexity index is 996. The summed E-state index contributed by atoms with van der Waals surface area (Å²) in [5, 5.41) is 9.37. The van der Waals surface area contributed by atoms with Gasteiger partial charge in [0.15, 0.2) is 0 Å². The van der Waals surface area contributed by atoms with Crippen LogP contribution in [0.3, 0.4) is 0 Å². The first-order valence-corrected chi connectivity index (χ1v) is 8.28. The zero-order chi connectivity index (χ0) is 18.4. The molecular formula is C21H18N2O3. The lowest BCUT2D eigenvalue weighted by Crippen LogP contribution is -2.01. The van der Waals surface area contributed by atoms with Gasteiger partial charge in [-0.15, -0.1) is 0 Å². The first-order chi connectivity index (χ1) is 12.7. The standard InChI is InChI=1S/C21H18N2O3/c1-2-25-20-9-4-3-7-16(20)10-11-21(24)26-15-17-14-23-12-6-5-8-19(23)18(17)13-22/h3-12,14H,2,15H2,1H3/b11-10+. The van der Waals surface area contributed by atoms with Gasteiger partial charge in [0, 0.05) is 29.6 Å². The maximum atomic E-state index is 12.0. The number of esters is 1. The van der Waals surface area contributed by atoms with Crippen LogP contribution in [-0.4, -0.2) is 17.0 Å². The molecule has 0 aliphatic heterocycles. The Morgan fingerprint density at radius 1 is 1.23 bits per heavy atom. The van der Waals surface area contributed by atoms with Crippen molar-refractivity contribution in [3.63, 3.8) is 0 Å². The number of benzene rings is 1. The maximum Gasteiger partial charge on any atom is 0.331 e. The van der Waals surface area contributed by atoms with Gasteiger partial charge in [0.1, 0.15) is 18.4 Å². The quantitative estimate of drug-likeness (QED) is 0.500. The molecule has 0 aliphatic rings. The molecule has 0 spiro atoms. The van der Waals surface area contributed by atoms with Crippen molar-refractivity contribution < 1.29 is 14.3 Å². The highest BCUT2D eigenvalue weighted by atomic mass is 16.5. The molecule has 0 atom stereocenters. The zero-order valence-electron chi connectivity index (χ0n) is 14.4. The van der Waals surface area contributed by atoms with Crippen molar-refractivity contribution in [2.75, 3.05) is 6.61 Å². The lowest BCUT2D eigenvalue weighted by molar-refractivity contribution is -0.138. The summed E-state index contributed by atoms with van der Waals surface area (Å²) in [7, 11) is 0. The fraction of sp³-hybridized carbons (Fsp3) is 0.143. The molecule has 5 nitrogen and oxygen atoms in total. The Labute approximate surface area is 151 Å². The van der Waals surface area contributed by atoms with Gasteiger partial charge >= 0.3 is 5.97 Å². The van der Waals surface area contributed by atoms with E-state index >= 15 is 0 Å². The highest BCUT2D eigenvalue weighted by Gasteiger charge is 2.11. The van der Waals surface area contributed by atoms with Crippen molar-refractivity contribution in [2.45, 2.75) is 13.5 Å².